The summed E-state index contributed by atoms with van der Waals surface area (Å²) in [5, 5.41) is 4.10. The smallest absolute Gasteiger partial charge is 0.327 e. The van der Waals surface area contributed by atoms with Gasteiger partial charge < -0.3 is 4.74 Å². The van der Waals surface area contributed by atoms with E-state index in [1.165, 1.54) is 16.9 Å². The molecule has 5 nitrogen and oxygen atoms in total. The molecule has 0 unspecified atom stereocenters. The molecular formula is C16H13F2N3O2. The van der Waals surface area contributed by atoms with Crippen LogP contribution in [0.5, 0.6) is 0 Å². The molecule has 7 heteroatoms. The van der Waals surface area contributed by atoms with Crippen molar-refractivity contribution in [1.82, 2.24) is 14.8 Å². The van der Waals surface area contributed by atoms with Crippen LogP contribution in [-0.2, 0) is 16.1 Å². The third-order valence-electron chi connectivity index (χ3n) is 3.33. The Balaban J connectivity index is 2.00. The number of pyridine rings is 1. The molecule has 0 saturated heterocycles. The van der Waals surface area contributed by atoms with Crippen molar-refractivity contribution in [2.24, 2.45) is 0 Å². The van der Waals surface area contributed by atoms with E-state index in [1.54, 1.807) is 19.2 Å². The van der Waals surface area contributed by atoms with Crippen LogP contribution in [0.4, 0.5) is 8.78 Å². The van der Waals surface area contributed by atoms with E-state index in [9.17, 15) is 13.6 Å². The van der Waals surface area contributed by atoms with Gasteiger partial charge in [-0.3, -0.25) is 14.5 Å². The molecule has 1 aromatic carbocycles. The Labute approximate surface area is 130 Å². The maximum atomic E-state index is 13.4. The van der Waals surface area contributed by atoms with Crippen molar-refractivity contribution in [2.45, 2.75) is 13.5 Å². The highest BCUT2D eigenvalue weighted by Gasteiger charge is 2.11. The number of benzene rings is 1. The lowest BCUT2D eigenvalue weighted by Gasteiger charge is -2.05. The Bertz CT molecular complexity index is 877. The maximum absolute atomic E-state index is 13.4. The van der Waals surface area contributed by atoms with Crippen molar-refractivity contribution in [3.05, 3.63) is 48.3 Å². The Morgan fingerprint density at radius 1 is 1.17 bits per heavy atom. The number of rotatable bonds is 4. The van der Waals surface area contributed by atoms with Crippen LogP contribution in [-0.4, -0.2) is 27.3 Å². The van der Waals surface area contributed by atoms with Gasteiger partial charge in [0.05, 0.1) is 18.3 Å². The number of ether oxygens (including phenoxy) is 1. The lowest BCUT2D eigenvalue weighted by Crippen LogP contribution is -2.14. The lowest BCUT2D eigenvalue weighted by atomic mass is 10.1. The van der Waals surface area contributed by atoms with Crippen molar-refractivity contribution < 1.29 is 18.3 Å². The normalized spacial score (nSPS) is 10.9. The minimum Gasteiger partial charge on any atom is -0.465 e. The van der Waals surface area contributed by atoms with Crippen molar-refractivity contribution in [1.29, 1.82) is 0 Å². The summed E-state index contributed by atoms with van der Waals surface area (Å²) in [4.78, 5) is 15.8. The number of esters is 1. The van der Waals surface area contributed by atoms with Gasteiger partial charge in [0.15, 0.2) is 11.6 Å². The Kier molecular flexibility index (Phi) is 4.01. The van der Waals surface area contributed by atoms with Gasteiger partial charge >= 0.3 is 5.97 Å². The van der Waals surface area contributed by atoms with E-state index in [2.05, 4.69) is 10.1 Å². The summed E-state index contributed by atoms with van der Waals surface area (Å²) in [6.07, 6.45) is 3.08. The van der Waals surface area contributed by atoms with E-state index in [0.717, 1.165) is 12.1 Å². The van der Waals surface area contributed by atoms with Crippen LogP contribution in [0.25, 0.3) is 22.2 Å². The molecule has 0 amide bonds. The molecule has 0 saturated carbocycles. The Morgan fingerprint density at radius 3 is 2.74 bits per heavy atom. The first-order chi connectivity index (χ1) is 11.1. The number of fused-ring (bicyclic) bond motifs is 1. The number of hydrogen-bond acceptors (Lipinski definition) is 4. The number of aromatic nitrogens is 3. The van der Waals surface area contributed by atoms with Crippen LogP contribution in [0, 0.1) is 11.6 Å². The van der Waals surface area contributed by atoms with Crippen molar-refractivity contribution in [2.75, 3.05) is 6.61 Å². The molecule has 0 atom stereocenters. The van der Waals surface area contributed by atoms with Gasteiger partial charge in [-0.25, -0.2) is 8.78 Å². The van der Waals surface area contributed by atoms with E-state index in [-0.39, 0.29) is 13.2 Å². The van der Waals surface area contributed by atoms with Gasteiger partial charge in [-0.15, -0.1) is 0 Å². The highest BCUT2D eigenvalue weighted by atomic mass is 19.2. The monoisotopic (exact) mass is 317 g/mol. The predicted octanol–water partition coefficient (Wildman–Crippen LogP) is 2.94. The van der Waals surface area contributed by atoms with Crippen LogP contribution in [0.1, 0.15) is 6.92 Å². The molecule has 0 aliphatic heterocycles. The van der Waals surface area contributed by atoms with Crippen LogP contribution < -0.4 is 0 Å². The van der Waals surface area contributed by atoms with E-state index in [1.807, 2.05) is 0 Å². The largest absolute Gasteiger partial charge is 0.465 e. The zero-order chi connectivity index (χ0) is 16.4. The third kappa shape index (κ3) is 3.03. The number of nitrogens with zero attached hydrogens (tertiary/aromatic N) is 3. The predicted molar refractivity (Wildman–Crippen MR) is 79.5 cm³/mol. The topological polar surface area (TPSA) is 57.0 Å². The SMILES string of the molecule is CCOC(=O)Cn1ncc2ncc(-c3ccc(F)c(F)c3)cc21. The first-order valence-electron chi connectivity index (χ1n) is 7.01. The van der Waals surface area contributed by atoms with Crippen LogP contribution in [0.2, 0.25) is 0 Å². The zero-order valence-corrected chi connectivity index (χ0v) is 12.3. The molecule has 23 heavy (non-hydrogen) atoms. The highest BCUT2D eigenvalue weighted by Crippen LogP contribution is 2.24. The maximum Gasteiger partial charge on any atom is 0.327 e. The number of halogens is 2. The summed E-state index contributed by atoms with van der Waals surface area (Å²) in [5.74, 6) is -2.24. The minimum absolute atomic E-state index is 0.0414. The van der Waals surface area contributed by atoms with Gasteiger partial charge in [0.1, 0.15) is 12.1 Å². The first-order valence-corrected chi connectivity index (χ1v) is 7.01. The summed E-state index contributed by atoms with van der Waals surface area (Å²) >= 11 is 0. The van der Waals surface area contributed by atoms with Crippen molar-refractivity contribution in [3.63, 3.8) is 0 Å². The molecule has 0 fully saturated rings. The van der Waals surface area contributed by atoms with E-state index < -0.39 is 17.6 Å². The Morgan fingerprint density at radius 2 is 2.00 bits per heavy atom. The molecular weight excluding hydrogens is 304 g/mol. The van der Waals surface area contributed by atoms with E-state index in [4.69, 9.17) is 4.74 Å². The fourth-order valence-electron chi connectivity index (χ4n) is 2.24. The second-order valence-corrected chi connectivity index (χ2v) is 4.86. The van der Waals surface area contributed by atoms with Gasteiger partial charge in [-0.05, 0) is 30.7 Å². The van der Waals surface area contributed by atoms with Gasteiger partial charge in [0, 0.05) is 11.8 Å². The molecule has 0 aliphatic carbocycles. The Hall–Kier alpha value is -2.83. The quantitative estimate of drug-likeness (QED) is 0.694. The third-order valence-corrected chi connectivity index (χ3v) is 3.33. The lowest BCUT2D eigenvalue weighted by molar-refractivity contribution is -0.143. The number of carbonyl (C=O) groups excluding carboxylic acids is 1. The average molecular weight is 317 g/mol. The summed E-state index contributed by atoms with van der Waals surface area (Å²) in [7, 11) is 0. The second kappa shape index (κ2) is 6.12. The second-order valence-electron chi connectivity index (χ2n) is 4.86. The standard InChI is InChI=1S/C16H13F2N3O2/c1-2-23-16(22)9-21-15-6-11(7-19-14(15)8-20-21)10-3-4-12(17)13(18)5-10/h3-8H,2,9H2,1H3. The summed E-state index contributed by atoms with van der Waals surface area (Å²) < 4.78 is 32.8. The number of hydrogen-bond donors (Lipinski definition) is 0. The molecule has 2 aromatic heterocycles. The highest BCUT2D eigenvalue weighted by molar-refractivity contribution is 5.81. The van der Waals surface area contributed by atoms with Gasteiger partial charge in [-0.1, -0.05) is 6.07 Å². The summed E-state index contributed by atoms with van der Waals surface area (Å²) in [6, 6.07) is 5.35. The molecule has 118 valence electrons. The summed E-state index contributed by atoms with van der Waals surface area (Å²) in [5.41, 5.74) is 2.30. The molecule has 3 aromatic rings. The van der Waals surface area contributed by atoms with Gasteiger partial charge in [0.2, 0.25) is 0 Å². The first kappa shape index (κ1) is 15.1. The molecule has 0 radical (unpaired) electrons. The van der Waals surface area contributed by atoms with Crippen LogP contribution in [0.3, 0.4) is 0 Å². The molecule has 0 bridgehead atoms. The fraction of sp³-hybridized carbons (Fsp3) is 0.188. The summed E-state index contributed by atoms with van der Waals surface area (Å²) in [6.45, 7) is 1.97. The molecule has 0 spiro atoms. The van der Waals surface area contributed by atoms with Crippen molar-refractivity contribution in [3.8, 4) is 11.1 Å². The average Bonchev–Trinajstić information content (AvgIpc) is 2.92. The van der Waals surface area contributed by atoms with E-state index in [0.29, 0.717) is 22.2 Å². The molecule has 3 rings (SSSR count). The van der Waals surface area contributed by atoms with Gasteiger partial charge in [0.25, 0.3) is 0 Å². The van der Waals surface area contributed by atoms with Crippen LogP contribution in [0.15, 0.2) is 36.7 Å². The fourth-order valence-corrected chi connectivity index (χ4v) is 2.24. The molecule has 0 aliphatic rings. The van der Waals surface area contributed by atoms with E-state index >= 15 is 0 Å². The van der Waals surface area contributed by atoms with Crippen LogP contribution >= 0.6 is 0 Å². The van der Waals surface area contributed by atoms with Crippen molar-refractivity contribution >= 4 is 17.0 Å². The minimum atomic E-state index is -0.928. The van der Waals surface area contributed by atoms with Gasteiger partial charge in [-0.2, -0.15) is 5.10 Å². The number of carbonyl (C=O) groups is 1. The zero-order valence-electron chi connectivity index (χ0n) is 12.3. The molecule has 2 heterocycles. The molecule has 0 N–H and O–H groups in total.